The second-order valence-corrected chi connectivity index (χ2v) is 10.1. The number of benzene rings is 3. The highest BCUT2D eigenvalue weighted by molar-refractivity contribution is 5.39. The first-order valence-electron chi connectivity index (χ1n) is 12.7. The number of aliphatic hydroxyl groups is 4. The lowest BCUT2D eigenvalue weighted by atomic mass is 9.89. The van der Waals surface area contributed by atoms with Gasteiger partial charge in [0.05, 0.1) is 13.2 Å². The zero-order valence-corrected chi connectivity index (χ0v) is 21.1. The van der Waals surface area contributed by atoms with Crippen LogP contribution in [0.4, 0.5) is 0 Å². The Morgan fingerprint density at radius 1 is 0.892 bits per heavy atom. The highest BCUT2D eigenvalue weighted by Crippen LogP contribution is 2.34. The number of aryl methyl sites for hydroxylation is 2. The van der Waals surface area contributed by atoms with Gasteiger partial charge >= 0.3 is 0 Å². The first-order valence-corrected chi connectivity index (χ1v) is 12.7. The third kappa shape index (κ3) is 5.43. The van der Waals surface area contributed by atoms with Crippen LogP contribution in [0, 0.1) is 13.8 Å². The van der Waals surface area contributed by atoms with E-state index < -0.39 is 37.1 Å². The summed E-state index contributed by atoms with van der Waals surface area (Å²) in [6.07, 6.45) is -5.27. The Hall–Kier alpha value is -2.78. The average molecular weight is 507 g/mol. The van der Waals surface area contributed by atoms with Crippen molar-refractivity contribution in [2.24, 2.45) is 0 Å². The van der Waals surface area contributed by atoms with Gasteiger partial charge < -0.3 is 34.6 Å². The Kier molecular flexibility index (Phi) is 7.62. The molecule has 0 spiro atoms. The molecule has 0 amide bonds. The van der Waals surface area contributed by atoms with E-state index in [2.05, 4.69) is 25.1 Å². The van der Waals surface area contributed by atoms with Crippen LogP contribution in [0.5, 0.6) is 5.75 Å². The maximum absolute atomic E-state index is 10.5. The summed E-state index contributed by atoms with van der Waals surface area (Å²) in [5.74, 6) is 0.778. The lowest BCUT2D eigenvalue weighted by Crippen LogP contribution is -2.55. The number of rotatable bonds is 7. The summed E-state index contributed by atoms with van der Waals surface area (Å²) in [5.41, 5.74) is 7.56. The van der Waals surface area contributed by atoms with Gasteiger partial charge in [0.25, 0.3) is 0 Å². The van der Waals surface area contributed by atoms with Crippen LogP contribution in [-0.2, 0) is 22.5 Å². The summed E-state index contributed by atoms with van der Waals surface area (Å²) in [6, 6.07) is 20.1. The minimum absolute atomic E-state index is 0.0666. The zero-order valence-electron chi connectivity index (χ0n) is 21.1. The van der Waals surface area contributed by atoms with E-state index in [0.717, 1.165) is 22.4 Å². The van der Waals surface area contributed by atoms with Crippen LogP contribution in [0.2, 0.25) is 0 Å². The number of fused-ring (bicyclic) bond motifs is 1. The van der Waals surface area contributed by atoms with Gasteiger partial charge in [-0.05, 0) is 65.8 Å². The highest BCUT2D eigenvalue weighted by atomic mass is 16.5. The van der Waals surface area contributed by atoms with Crippen molar-refractivity contribution in [2.75, 3.05) is 13.2 Å². The third-order valence-electron chi connectivity index (χ3n) is 7.40. The van der Waals surface area contributed by atoms with E-state index >= 15 is 0 Å². The van der Waals surface area contributed by atoms with E-state index in [9.17, 15) is 20.4 Å². The predicted octanol–water partition coefficient (Wildman–Crippen LogP) is 3.06. The van der Waals surface area contributed by atoms with E-state index in [-0.39, 0.29) is 6.10 Å². The van der Waals surface area contributed by atoms with Gasteiger partial charge in [-0.2, -0.15) is 0 Å². The molecule has 3 aromatic carbocycles. The Morgan fingerprint density at radius 3 is 2.43 bits per heavy atom. The quantitative estimate of drug-likeness (QED) is 0.390. The van der Waals surface area contributed by atoms with Gasteiger partial charge in [-0.3, -0.25) is 0 Å². The summed E-state index contributed by atoms with van der Waals surface area (Å²) in [5, 5.41) is 40.3. The van der Waals surface area contributed by atoms with Gasteiger partial charge in [0.1, 0.15) is 49.0 Å². The molecule has 2 aliphatic rings. The van der Waals surface area contributed by atoms with E-state index in [0.29, 0.717) is 25.2 Å². The summed E-state index contributed by atoms with van der Waals surface area (Å²) < 4.78 is 17.7. The van der Waals surface area contributed by atoms with Crippen molar-refractivity contribution in [3.63, 3.8) is 0 Å². The van der Waals surface area contributed by atoms with Crippen molar-refractivity contribution in [1.82, 2.24) is 0 Å². The molecule has 1 saturated heterocycles. The third-order valence-corrected chi connectivity index (χ3v) is 7.40. The summed E-state index contributed by atoms with van der Waals surface area (Å²) in [6.45, 7) is 4.72. The predicted molar refractivity (Wildman–Crippen MR) is 137 cm³/mol. The molecule has 4 N–H and O–H groups in total. The van der Waals surface area contributed by atoms with Crippen molar-refractivity contribution in [1.29, 1.82) is 0 Å². The molecular weight excluding hydrogens is 472 g/mol. The molecule has 7 nitrogen and oxygen atoms in total. The molecule has 0 radical (unpaired) electrons. The molecule has 1 unspecified atom stereocenters. The van der Waals surface area contributed by atoms with Crippen LogP contribution in [0.3, 0.4) is 0 Å². The molecule has 37 heavy (non-hydrogen) atoms. The molecule has 1 fully saturated rings. The van der Waals surface area contributed by atoms with Crippen molar-refractivity contribution >= 4 is 0 Å². The maximum Gasteiger partial charge on any atom is 0.119 e. The van der Waals surface area contributed by atoms with E-state index in [1.807, 2.05) is 49.4 Å². The average Bonchev–Trinajstić information content (AvgIpc) is 3.30. The van der Waals surface area contributed by atoms with Crippen LogP contribution in [0.1, 0.15) is 51.2 Å². The fraction of sp³-hybridized carbons (Fsp3) is 0.400. The van der Waals surface area contributed by atoms with Crippen LogP contribution in [0.15, 0.2) is 60.7 Å². The van der Waals surface area contributed by atoms with Crippen molar-refractivity contribution in [3.05, 3.63) is 99.6 Å². The molecule has 0 aliphatic carbocycles. The molecule has 0 aromatic heterocycles. The minimum atomic E-state index is -1.40. The molecule has 3 aromatic rings. The molecule has 0 bridgehead atoms. The van der Waals surface area contributed by atoms with Crippen LogP contribution in [0.25, 0.3) is 0 Å². The fourth-order valence-corrected chi connectivity index (χ4v) is 5.12. The molecule has 2 aliphatic heterocycles. The maximum atomic E-state index is 10.5. The minimum Gasteiger partial charge on any atom is -0.491 e. The van der Waals surface area contributed by atoms with E-state index in [4.69, 9.17) is 14.2 Å². The molecule has 2 heterocycles. The molecule has 196 valence electrons. The largest absolute Gasteiger partial charge is 0.491 e. The second kappa shape index (κ2) is 10.9. The number of aliphatic hydroxyl groups excluding tert-OH is 4. The Bertz CT molecular complexity index is 1220. The van der Waals surface area contributed by atoms with Gasteiger partial charge in [0.2, 0.25) is 0 Å². The first kappa shape index (κ1) is 25.9. The van der Waals surface area contributed by atoms with Crippen LogP contribution < -0.4 is 4.74 Å². The normalized spacial score (nSPS) is 27.2. The van der Waals surface area contributed by atoms with Crippen LogP contribution in [-0.4, -0.2) is 58.1 Å². The van der Waals surface area contributed by atoms with Gasteiger partial charge in [-0.25, -0.2) is 0 Å². The summed E-state index contributed by atoms with van der Waals surface area (Å²) >= 11 is 0. The van der Waals surface area contributed by atoms with Gasteiger partial charge in [0, 0.05) is 0 Å². The number of ether oxygens (including phenoxy) is 3. The van der Waals surface area contributed by atoms with E-state index in [1.165, 1.54) is 16.7 Å². The lowest BCUT2D eigenvalue weighted by molar-refractivity contribution is -0.231. The molecule has 0 saturated carbocycles. The Balaban J connectivity index is 1.24. The van der Waals surface area contributed by atoms with Crippen molar-refractivity contribution in [3.8, 4) is 5.75 Å². The van der Waals surface area contributed by atoms with Crippen molar-refractivity contribution in [2.45, 2.75) is 63.5 Å². The summed E-state index contributed by atoms with van der Waals surface area (Å²) in [4.78, 5) is 0. The molecule has 6 atom stereocenters. The zero-order chi connectivity index (χ0) is 26.1. The van der Waals surface area contributed by atoms with Crippen molar-refractivity contribution < 1.29 is 34.6 Å². The first-order chi connectivity index (χ1) is 17.8. The monoisotopic (exact) mass is 506 g/mol. The smallest absolute Gasteiger partial charge is 0.119 e. The molecule has 5 rings (SSSR count). The highest BCUT2D eigenvalue weighted by Gasteiger charge is 2.44. The number of hydrogen-bond donors (Lipinski definition) is 4. The lowest BCUT2D eigenvalue weighted by Gasteiger charge is -2.40. The Labute approximate surface area is 216 Å². The van der Waals surface area contributed by atoms with Gasteiger partial charge in [-0.15, -0.1) is 0 Å². The SMILES string of the molecule is Cc1ccc2c(c1)COC2COc1ccc(Cc2cc([C@@H]3O[C@H](CO)[C@@H](O)[C@H](O)[C@H]3O)ccc2C)cc1. The van der Waals surface area contributed by atoms with Crippen LogP contribution >= 0.6 is 0 Å². The fourth-order valence-electron chi connectivity index (χ4n) is 5.12. The standard InChI is InChI=1S/C30H34O7/c1-17-3-10-24-22(11-17)15-36-26(24)16-35-23-8-5-19(6-9-23)12-21-13-20(7-4-18(21)2)30-29(34)28(33)27(32)25(14-31)37-30/h3-11,13,25-34H,12,14-16H2,1-2H3/t25-,26?,27-,28+,29-,30+/m1/s1. The summed E-state index contributed by atoms with van der Waals surface area (Å²) in [7, 11) is 0. The Morgan fingerprint density at radius 2 is 1.68 bits per heavy atom. The number of hydrogen-bond acceptors (Lipinski definition) is 7. The van der Waals surface area contributed by atoms with E-state index in [1.54, 1.807) is 0 Å². The van der Waals surface area contributed by atoms with Gasteiger partial charge in [0.15, 0.2) is 0 Å². The molecular formula is C30H34O7. The molecule has 7 heteroatoms. The second-order valence-electron chi connectivity index (χ2n) is 10.1. The topological polar surface area (TPSA) is 109 Å². The van der Waals surface area contributed by atoms with Gasteiger partial charge in [-0.1, -0.05) is 54.1 Å².